The lowest BCUT2D eigenvalue weighted by molar-refractivity contribution is -0.118. The van der Waals surface area contributed by atoms with Gasteiger partial charge in [-0.25, -0.2) is 5.43 Å². The van der Waals surface area contributed by atoms with E-state index in [1.165, 1.54) is 11.8 Å². The number of carbonyl (C=O) groups is 1. The molecule has 1 N–H and O–H groups in total. The molecule has 28 heavy (non-hydrogen) atoms. The Balaban J connectivity index is 1.60. The molecule has 3 aromatic rings. The molecule has 0 saturated heterocycles. The van der Waals surface area contributed by atoms with Gasteiger partial charge in [-0.3, -0.25) is 4.79 Å². The van der Waals surface area contributed by atoms with Crippen LogP contribution >= 0.6 is 27.7 Å². The molecule has 1 heterocycles. The standard InChI is InChI=1S/C20H20BrN5OS/c1-3-17(14-7-5-4-6-8-14)22-23-18(27)13-28-20-25-24-19(26(20)2)15-9-11-16(21)12-10-15/h4-12H,3,13H2,1-2H3,(H,23,27)/b22-17-. The fraction of sp³-hybridized carbons (Fsp3) is 0.200. The van der Waals surface area contributed by atoms with Crippen molar-refractivity contribution in [3.63, 3.8) is 0 Å². The molecule has 0 unspecified atom stereocenters. The Morgan fingerprint density at radius 3 is 2.54 bits per heavy atom. The summed E-state index contributed by atoms with van der Waals surface area (Å²) in [6.45, 7) is 2.01. The molecule has 8 heteroatoms. The molecule has 1 amide bonds. The Bertz CT molecular complexity index is 970. The lowest BCUT2D eigenvalue weighted by Crippen LogP contribution is -2.22. The number of hydrogen-bond acceptors (Lipinski definition) is 5. The van der Waals surface area contributed by atoms with E-state index in [-0.39, 0.29) is 11.7 Å². The van der Waals surface area contributed by atoms with Crippen LogP contribution in [0.15, 0.2) is 69.3 Å². The quantitative estimate of drug-likeness (QED) is 0.326. The van der Waals surface area contributed by atoms with Crippen LogP contribution < -0.4 is 5.43 Å². The summed E-state index contributed by atoms with van der Waals surface area (Å²) in [5.74, 6) is 0.785. The molecule has 0 atom stereocenters. The molecule has 3 rings (SSSR count). The fourth-order valence-electron chi connectivity index (χ4n) is 2.56. The van der Waals surface area contributed by atoms with E-state index in [1.807, 2.05) is 73.1 Å². The molecule has 0 radical (unpaired) electrons. The predicted molar refractivity (Wildman–Crippen MR) is 116 cm³/mol. The molecule has 0 bridgehead atoms. The van der Waals surface area contributed by atoms with E-state index in [2.05, 4.69) is 36.7 Å². The molecule has 1 aromatic heterocycles. The number of hydrogen-bond donors (Lipinski definition) is 1. The van der Waals surface area contributed by atoms with Crippen molar-refractivity contribution < 1.29 is 4.79 Å². The zero-order valence-corrected chi connectivity index (χ0v) is 18.0. The Morgan fingerprint density at radius 2 is 1.86 bits per heavy atom. The first kappa shape index (κ1) is 20.3. The number of hydrazone groups is 1. The van der Waals surface area contributed by atoms with Gasteiger partial charge in [-0.1, -0.05) is 77.1 Å². The average molecular weight is 458 g/mol. The van der Waals surface area contributed by atoms with Crippen LogP contribution in [-0.2, 0) is 11.8 Å². The van der Waals surface area contributed by atoms with Gasteiger partial charge in [-0.2, -0.15) is 5.10 Å². The second-order valence-electron chi connectivity index (χ2n) is 5.97. The van der Waals surface area contributed by atoms with Crippen LogP contribution in [0.25, 0.3) is 11.4 Å². The van der Waals surface area contributed by atoms with Crippen LogP contribution in [0.5, 0.6) is 0 Å². The summed E-state index contributed by atoms with van der Waals surface area (Å²) >= 11 is 4.75. The number of rotatable bonds is 7. The van der Waals surface area contributed by atoms with Crippen molar-refractivity contribution >= 4 is 39.3 Å². The van der Waals surface area contributed by atoms with E-state index in [0.29, 0.717) is 5.16 Å². The Labute approximate surface area is 176 Å². The maximum Gasteiger partial charge on any atom is 0.250 e. The fourth-order valence-corrected chi connectivity index (χ4v) is 3.53. The molecule has 144 valence electrons. The van der Waals surface area contributed by atoms with Gasteiger partial charge in [0, 0.05) is 17.1 Å². The molecule has 0 saturated carbocycles. The first-order valence-electron chi connectivity index (χ1n) is 8.77. The summed E-state index contributed by atoms with van der Waals surface area (Å²) in [6, 6.07) is 17.7. The number of benzene rings is 2. The van der Waals surface area contributed by atoms with Gasteiger partial charge in [0.1, 0.15) is 0 Å². The average Bonchev–Trinajstić information content (AvgIpc) is 3.09. The number of aromatic nitrogens is 3. The highest BCUT2D eigenvalue weighted by Crippen LogP contribution is 2.23. The highest BCUT2D eigenvalue weighted by molar-refractivity contribution is 9.10. The van der Waals surface area contributed by atoms with Gasteiger partial charge in [-0.15, -0.1) is 10.2 Å². The minimum Gasteiger partial charge on any atom is -0.305 e. The van der Waals surface area contributed by atoms with Crippen LogP contribution in [0.1, 0.15) is 18.9 Å². The number of amides is 1. The van der Waals surface area contributed by atoms with Crippen molar-refractivity contribution in [1.29, 1.82) is 0 Å². The molecule has 0 spiro atoms. The van der Waals surface area contributed by atoms with Gasteiger partial charge in [0.25, 0.3) is 5.91 Å². The van der Waals surface area contributed by atoms with Crippen molar-refractivity contribution in [3.05, 3.63) is 64.6 Å². The summed E-state index contributed by atoms with van der Waals surface area (Å²) in [5, 5.41) is 13.4. The highest BCUT2D eigenvalue weighted by atomic mass is 79.9. The number of thioether (sulfide) groups is 1. The van der Waals surface area contributed by atoms with E-state index in [4.69, 9.17) is 0 Å². The first-order valence-corrected chi connectivity index (χ1v) is 10.5. The number of halogens is 1. The van der Waals surface area contributed by atoms with Gasteiger partial charge in [0.15, 0.2) is 11.0 Å². The summed E-state index contributed by atoms with van der Waals surface area (Å²) in [6.07, 6.45) is 0.733. The lowest BCUT2D eigenvalue weighted by Gasteiger charge is -2.06. The van der Waals surface area contributed by atoms with Crippen LogP contribution in [0.3, 0.4) is 0 Å². The highest BCUT2D eigenvalue weighted by Gasteiger charge is 2.13. The van der Waals surface area contributed by atoms with E-state index in [1.54, 1.807) is 0 Å². The minimum absolute atomic E-state index is 0.180. The van der Waals surface area contributed by atoms with E-state index in [9.17, 15) is 4.79 Å². The molecule has 0 fully saturated rings. The maximum atomic E-state index is 12.2. The van der Waals surface area contributed by atoms with Gasteiger partial charge in [-0.05, 0) is 24.1 Å². The number of carbonyl (C=O) groups excluding carboxylic acids is 1. The number of nitrogens with zero attached hydrogens (tertiary/aromatic N) is 4. The summed E-state index contributed by atoms with van der Waals surface area (Å²) in [7, 11) is 1.89. The molecule has 2 aromatic carbocycles. The second-order valence-corrected chi connectivity index (χ2v) is 7.83. The maximum absolute atomic E-state index is 12.2. The second kappa shape index (κ2) is 9.66. The monoisotopic (exact) mass is 457 g/mol. The third kappa shape index (κ3) is 5.08. The third-order valence-electron chi connectivity index (χ3n) is 4.03. The van der Waals surface area contributed by atoms with Crippen LogP contribution in [0.4, 0.5) is 0 Å². The molecular formula is C20H20BrN5OS. The summed E-state index contributed by atoms with van der Waals surface area (Å²) in [4.78, 5) is 12.2. The Kier molecular flexibility index (Phi) is 7.00. The topological polar surface area (TPSA) is 72.2 Å². The van der Waals surface area contributed by atoms with Gasteiger partial charge in [0.2, 0.25) is 0 Å². The first-order chi connectivity index (χ1) is 13.6. The zero-order chi connectivity index (χ0) is 19.9. The normalized spacial score (nSPS) is 11.5. The predicted octanol–water partition coefficient (Wildman–Crippen LogP) is 4.27. The zero-order valence-electron chi connectivity index (χ0n) is 15.6. The molecular weight excluding hydrogens is 438 g/mol. The van der Waals surface area contributed by atoms with Crippen molar-refractivity contribution in [3.8, 4) is 11.4 Å². The largest absolute Gasteiger partial charge is 0.305 e. The lowest BCUT2D eigenvalue weighted by atomic mass is 10.1. The number of nitrogens with one attached hydrogen (secondary N) is 1. The molecule has 0 aliphatic carbocycles. The molecule has 0 aliphatic heterocycles. The molecule has 6 nitrogen and oxygen atoms in total. The van der Waals surface area contributed by atoms with Crippen molar-refractivity contribution in [2.75, 3.05) is 5.75 Å². The van der Waals surface area contributed by atoms with E-state index >= 15 is 0 Å². The summed E-state index contributed by atoms with van der Waals surface area (Å²) < 4.78 is 2.89. The van der Waals surface area contributed by atoms with Crippen LogP contribution in [0.2, 0.25) is 0 Å². The minimum atomic E-state index is -0.180. The smallest absolute Gasteiger partial charge is 0.250 e. The van der Waals surface area contributed by atoms with Crippen molar-refractivity contribution in [2.45, 2.75) is 18.5 Å². The van der Waals surface area contributed by atoms with Crippen molar-refractivity contribution in [1.82, 2.24) is 20.2 Å². The van der Waals surface area contributed by atoms with E-state index < -0.39 is 0 Å². The SMILES string of the molecule is CC/C(=N/NC(=O)CSc1nnc(-c2ccc(Br)cc2)n1C)c1ccccc1. The third-order valence-corrected chi connectivity index (χ3v) is 5.58. The Morgan fingerprint density at radius 1 is 1.14 bits per heavy atom. The Hall–Kier alpha value is -2.45. The van der Waals surface area contributed by atoms with Gasteiger partial charge in [0.05, 0.1) is 11.5 Å². The van der Waals surface area contributed by atoms with Crippen LogP contribution in [-0.4, -0.2) is 32.1 Å². The molecule has 0 aliphatic rings. The van der Waals surface area contributed by atoms with Crippen LogP contribution in [0, 0.1) is 0 Å². The summed E-state index contributed by atoms with van der Waals surface area (Å²) in [5.41, 5.74) is 5.45. The van der Waals surface area contributed by atoms with Gasteiger partial charge >= 0.3 is 0 Å². The van der Waals surface area contributed by atoms with Gasteiger partial charge < -0.3 is 4.57 Å². The van der Waals surface area contributed by atoms with E-state index in [0.717, 1.165) is 33.6 Å². The van der Waals surface area contributed by atoms with Crippen molar-refractivity contribution in [2.24, 2.45) is 12.1 Å².